The Kier molecular flexibility index (Phi) is 4.38. The molecule has 0 radical (unpaired) electrons. The predicted molar refractivity (Wildman–Crippen MR) is 101 cm³/mol. The standard InChI is InChI=1S/C19H18N4O2S/c1-11(24)17-15(12-7-3-2-4-8-12)20-19(26-17)21-18(25)16-13-9-5-6-10-14(13)22-23-16/h2-4,7-8H,5-6,9-10H2,1H3,(H,22,23)(H,20,21,25). The van der Waals surface area contributed by atoms with Gasteiger partial charge < -0.3 is 0 Å². The van der Waals surface area contributed by atoms with E-state index in [1.54, 1.807) is 0 Å². The maximum Gasteiger partial charge on any atom is 0.278 e. The zero-order chi connectivity index (χ0) is 18.1. The fourth-order valence-corrected chi connectivity index (χ4v) is 4.11. The van der Waals surface area contributed by atoms with Crippen LogP contribution in [0.1, 0.15) is 51.2 Å². The normalized spacial score (nSPS) is 13.3. The number of anilines is 1. The fraction of sp³-hybridized carbons (Fsp3) is 0.263. The van der Waals surface area contributed by atoms with E-state index in [1.165, 1.54) is 18.3 Å². The van der Waals surface area contributed by atoms with Crippen LogP contribution >= 0.6 is 11.3 Å². The number of rotatable bonds is 4. The molecule has 1 amide bonds. The quantitative estimate of drug-likeness (QED) is 0.686. The van der Waals surface area contributed by atoms with Crippen LogP contribution in [0.4, 0.5) is 5.13 Å². The van der Waals surface area contributed by atoms with Gasteiger partial charge in [-0.2, -0.15) is 5.10 Å². The molecule has 0 bridgehead atoms. The molecule has 132 valence electrons. The molecule has 0 fully saturated rings. The van der Waals surface area contributed by atoms with Crippen LogP contribution in [0.3, 0.4) is 0 Å². The van der Waals surface area contributed by atoms with Crippen LogP contribution in [0.15, 0.2) is 30.3 Å². The monoisotopic (exact) mass is 366 g/mol. The molecule has 6 nitrogen and oxygen atoms in total. The Balaban J connectivity index is 1.64. The lowest BCUT2D eigenvalue weighted by Gasteiger charge is -2.10. The minimum Gasteiger partial charge on any atom is -0.296 e. The van der Waals surface area contributed by atoms with E-state index in [1.807, 2.05) is 30.3 Å². The van der Waals surface area contributed by atoms with E-state index in [2.05, 4.69) is 20.5 Å². The molecule has 0 unspecified atom stereocenters. The summed E-state index contributed by atoms with van der Waals surface area (Å²) in [6.07, 6.45) is 3.97. The average molecular weight is 366 g/mol. The van der Waals surface area contributed by atoms with Gasteiger partial charge in [0.05, 0.1) is 10.6 Å². The van der Waals surface area contributed by atoms with Gasteiger partial charge in [0, 0.05) is 23.7 Å². The summed E-state index contributed by atoms with van der Waals surface area (Å²) in [6, 6.07) is 9.50. The number of aromatic amines is 1. The first-order valence-corrected chi connectivity index (χ1v) is 9.40. The molecule has 7 heteroatoms. The highest BCUT2D eigenvalue weighted by Gasteiger charge is 2.23. The summed E-state index contributed by atoms with van der Waals surface area (Å²) >= 11 is 1.19. The zero-order valence-electron chi connectivity index (χ0n) is 14.3. The number of H-pyrrole nitrogens is 1. The molecule has 0 saturated carbocycles. The summed E-state index contributed by atoms with van der Waals surface area (Å²) in [5.74, 6) is -0.355. The third-order valence-corrected chi connectivity index (χ3v) is 5.56. The number of nitrogens with zero attached hydrogens (tertiary/aromatic N) is 2. The average Bonchev–Trinajstić information content (AvgIpc) is 3.26. The number of carbonyl (C=O) groups excluding carboxylic acids is 2. The van der Waals surface area contributed by atoms with E-state index < -0.39 is 0 Å². The molecule has 0 saturated heterocycles. The van der Waals surface area contributed by atoms with E-state index in [0.29, 0.717) is 21.4 Å². The number of carbonyl (C=O) groups is 2. The Bertz CT molecular complexity index is 975. The minimum absolute atomic E-state index is 0.0704. The van der Waals surface area contributed by atoms with E-state index in [-0.39, 0.29) is 11.7 Å². The molecule has 1 aliphatic rings. The van der Waals surface area contributed by atoms with Gasteiger partial charge in [0.2, 0.25) is 0 Å². The van der Waals surface area contributed by atoms with Crippen molar-refractivity contribution in [1.82, 2.24) is 15.2 Å². The first-order chi connectivity index (χ1) is 12.6. The molecule has 2 N–H and O–H groups in total. The van der Waals surface area contributed by atoms with Crippen molar-refractivity contribution < 1.29 is 9.59 Å². The Morgan fingerprint density at radius 1 is 1.15 bits per heavy atom. The molecule has 2 heterocycles. The van der Waals surface area contributed by atoms with Gasteiger partial charge in [-0.25, -0.2) is 4.98 Å². The van der Waals surface area contributed by atoms with Crippen molar-refractivity contribution in [1.29, 1.82) is 0 Å². The van der Waals surface area contributed by atoms with Crippen molar-refractivity contribution in [2.45, 2.75) is 32.6 Å². The molecule has 2 aromatic heterocycles. The lowest BCUT2D eigenvalue weighted by molar-refractivity contribution is 0.101. The topological polar surface area (TPSA) is 87.7 Å². The van der Waals surface area contributed by atoms with Gasteiger partial charge in [-0.05, 0) is 25.7 Å². The maximum atomic E-state index is 12.7. The number of hydrogen-bond acceptors (Lipinski definition) is 5. The number of Topliss-reactive ketones (excluding diaryl/α,β-unsaturated/α-hetero) is 1. The number of thiazole rings is 1. The number of ketones is 1. The van der Waals surface area contributed by atoms with E-state index in [4.69, 9.17) is 0 Å². The van der Waals surface area contributed by atoms with Crippen LogP contribution in [0.25, 0.3) is 11.3 Å². The Morgan fingerprint density at radius 2 is 1.92 bits per heavy atom. The number of amides is 1. The van der Waals surface area contributed by atoms with E-state index >= 15 is 0 Å². The smallest absolute Gasteiger partial charge is 0.278 e. The summed E-state index contributed by atoms with van der Waals surface area (Å²) in [5.41, 5.74) is 3.94. The minimum atomic E-state index is -0.284. The number of nitrogens with one attached hydrogen (secondary N) is 2. The molecule has 0 spiro atoms. The molecule has 1 aromatic carbocycles. The van der Waals surface area contributed by atoms with Gasteiger partial charge in [0.25, 0.3) is 5.91 Å². The van der Waals surface area contributed by atoms with Crippen molar-refractivity contribution in [2.24, 2.45) is 0 Å². The zero-order valence-corrected chi connectivity index (χ0v) is 15.2. The van der Waals surface area contributed by atoms with Gasteiger partial charge in [0.15, 0.2) is 16.6 Å². The van der Waals surface area contributed by atoms with Crippen LogP contribution in [0.5, 0.6) is 0 Å². The summed E-state index contributed by atoms with van der Waals surface area (Å²) in [5, 5.41) is 10.4. The molecule has 0 atom stereocenters. The molecule has 26 heavy (non-hydrogen) atoms. The van der Waals surface area contributed by atoms with Crippen molar-refractivity contribution in [3.05, 3.63) is 52.2 Å². The summed E-state index contributed by atoms with van der Waals surface area (Å²) < 4.78 is 0. The Morgan fingerprint density at radius 3 is 2.69 bits per heavy atom. The van der Waals surface area contributed by atoms with Gasteiger partial charge in [0.1, 0.15) is 0 Å². The van der Waals surface area contributed by atoms with Crippen LogP contribution in [0.2, 0.25) is 0 Å². The SMILES string of the molecule is CC(=O)c1sc(NC(=O)c2n[nH]c3c2CCCC3)nc1-c1ccccc1. The van der Waals surface area contributed by atoms with Crippen LogP contribution < -0.4 is 5.32 Å². The molecular formula is C19H18N4O2S. The first-order valence-electron chi connectivity index (χ1n) is 8.58. The van der Waals surface area contributed by atoms with Crippen LogP contribution in [0, 0.1) is 0 Å². The van der Waals surface area contributed by atoms with Crippen LogP contribution in [-0.4, -0.2) is 26.9 Å². The first kappa shape index (κ1) is 16.7. The van der Waals surface area contributed by atoms with Gasteiger partial charge >= 0.3 is 0 Å². The molecule has 0 aliphatic heterocycles. The van der Waals surface area contributed by atoms with Gasteiger partial charge in [-0.15, -0.1) is 0 Å². The Labute approximate surface area is 154 Å². The predicted octanol–water partition coefficient (Wildman–Crippen LogP) is 3.87. The number of aryl methyl sites for hydroxylation is 1. The highest BCUT2D eigenvalue weighted by Crippen LogP contribution is 2.32. The third kappa shape index (κ3) is 3.06. The van der Waals surface area contributed by atoms with Crippen molar-refractivity contribution in [3.63, 3.8) is 0 Å². The number of fused-ring (bicyclic) bond motifs is 1. The van der Waals surface area contributed by atoms with E-state index in [9.17, 15) is 9.59 Å². The molecule has 1 aliphatic carbocycles. The third-order valence-electron chi connectivity index (χ3n) is 4.49. The summed E-state index contributed by atoms with van der Waals surface area (Å²) in [6.45, 7) is 1.51. The fourth-order valence-electron chi connectivity index (χ4n) is 3.23. The second kappa shape index (κ2) is 6.84. The number of benzene rings is 1. The summed E-state index contributed by atoms with van der Waals surface area (Å²) in [7, 11) is 0. The molecule has 4 rings (SSSR count). The maximum absolute atomic E-state index is 12.7. The second-order valence-electron chi connectivity index (χ2n) is 6.31. The molecule has 3 aromatic rings. The summed E-state index contributed by atoms with van der Waals surface area (Å²) in [4.78, 5) is 29.7. The van der Waals surface area contributed by atoms with Gasteiger partial charge in [-0.3, -0.25) is 20.0 Å². The number of hydrogen-bond donors (Lipinski definition) is 2. The Hall–Kier alpha value is -2.80. The molecular weight excluding hydrogens is 348 g/mol. The highest BCUT2D eigenvalue weighted by atomic mass is 32.1. The van der Waals surface area contributed by atoms with Crippen LogP contribution in [-0.2, 0) is 12.8 Å². The number of aromatic nitrogens is 3. The largest absolute Gasteiger partial charge is 0.296 e. The second-order valence-corrected chi connectivity index (χ2v) is 7.31. The van der Waals surface area contributed by atoms with Crippen molar-refractivity contribution in [2.75, 3.05) is 5.32 Å². The van der Waals surface area contributed by atoms with E-state index in [0.717, 1.165) is 42.5 Å². The van der Waals surface area contributed by atoms with Crippen molar-refractivity contribution >= 4 is 28.2 Å². The highest BCUT2D eigenvalue weighted by molar-refractivity contribution is 7.18. The van der Waals surface area contributed by atoms with Crippen molar-refractivity contribution in [3.8, 4) is 11.3 Å². The lowest BCUT2D eigenvalue weighted by atomic mass is 9.96. The van der Waals surface area contributed by atoms with Gasteiger partial charge in [-0.1, -0.05) is 41.7 Å². The lowest BCUT2D eigenvalue weighted by Crippen LogP contribution is -2.15.